The van der Waals surface area contributed by atoms with E-state index in [-0.39, 0.29) is 18.9 Å². The molecule has 0 atom stereocenters. The molecule has 1 amide bonds. The van der Waals surface area contributed by atoms with Gasteiger partial charge in [-0.15, -0.1) is 0 Å². The maximum Gasteiger partial charge on any atom is 0.278 e. The Hall–Kier alpha value is -2.55. The number of carbonyl (C=O) groups is 1. The van der Waals surface area contributed by atoms with Crippen LogP contribution in [-0.4, -0.2) is 29.2 Å². The van der Waals surface area contributed by atoms with Gasteiger partial charge in [-0.25, -0.2) is 14.9 Å². The minimum absolute atomic E-state index is 0.0280. The largest absolute Gasteiger partial charge is 0.396 e. The van der Waals surface area contributed by atoms with Crippen molar-refractivity contribution in [2.45, 2.75) is 20.3 Å². The van der Waals surface area contributed by atoms with Crippen LogP contribution >= 0.6 is 11.3 Å². The number of anilines is 2. The molecule has 8 heteroatoms. The topological polar surface area (TPSA) is 83.5 Å². The van der Waals surface area contributed by atoms with E-state index >= 15 is 0 Å². The van der Waals surface area contributed by atoms with Gasteiger partial charge in [0.2, 0.25) is 0 Å². The van der Waals surface area contributed by atoms with Crippen LogP contribution in [0.15, 0.2) is 30.5 Å². The number of rotatable bonds is 7. The molecule has 0 aliphatic heterocycles. The number of nitrogens with zero attached hydrogens (tertiary/aromatic N) is 1. The Kier molecular flexibility index (Phi) is 6.00. The van der Waals surface area contributed by atoms with E-state index in [0.29, 0.717) is 27.2 Å². The summed E-state index contributed by atoms with van der Waals surface area (Å²) in [5.74, 6) is -0.854. The normalized spacial score (nSPS) is 11.0. The fraction of sp³-hybridized carbons (Fsp3) is 0.263. The van der Waals surface area contributed by atoms with Crippen molar-refractivity contribution in [3.63, 3.8) is 0 Å². The van der Waals surface area contributed by atoms with E-state index in [0.717, 1.165) is 11.1 Å². The summed E-state index contributed by atoms with van der Waals surface area (Å²) in [7, 11) is 0. The maximum atomic E-state index is 14.3. The first-order valence-electron chi connectivity index (χ1n) is 8.45. The van der Waals surface area contributed by atoms with E-state index in [1.807, 2.05) is 19.9 Å². The lowest BCUT2D eigenvalue weighted by molar-refractivity contribution is 0.0264. The van der Waals surface area contributed by atoms with Crippen molar-refractivity contribution in [2.75, 3.05) is 18.5 Å². The molecule has 0 fully saturated rings. The highest BCUT2D eigenvalue weighted by atomic mass is 32.1. The van der Waals surface area contributed by atoms with Crippen LogP contribution in [-0.2, 0) is 4.84 Å². The number of thiophene rings is 1. The highest BCUT2D eigenvalue weighted by Gasteiger charge is 2.22. The minimum Gasteiger partial charge on any atom is -0.396 e. The SMILES string of the molecule is Cc1ccc(Nc2sc3nccc(C)c3c2C(=O)NOCCCO)c(F)c1. The van der Waals surface area contributed by atoms with Gasteiger partial charge in [-0.2, -0.15) is 0 Å². The van der Waals surface area contributed by atoms with Gasteiger partial charge in [0, 0.05) is 18.2 Å². The van der Waals surface area contributed by atoms with Gasteiger partial charge < -0.3 is 10.4 Å². The molecule has 27 heavy (non-hydrogen) atoms. The summed E-state index contributed by atoms with van der Waals surface area (Å²) >= 11 is 1.27. The van der Waals surface area contributed by atoms with Gasteiger partial charge in [0.15, 0.2) is 0 Å². The zero-order chi connectivity index (χ0) is 19.4. The molecule has 0 unspecified atom stereocenters. The third kappa shape index (κ3) is 4.24. The van der Waals surface area contributed by atoms with E-state index in [1.54, 1.807) is 18.3 Å². The van der Waals surface area contributed by atoms with Gasteiger partial charge in [0.05, 0.1) is 17.9 Å². The van der Waals surface area contributed by atoms with Crippen LogP contribution in [0.1, 0.15) is 27.9 Å². The van der Waals surface area contributed by atoms with Crippen LogP contribution in [0.5, 0.6) is 0 Å². The Labute approximate surface area is 160 Å². The average molecular weight is 389 g/mol. The molecule has 0 spiro atoms. The van der Waals surface area contributed by atoms with E-state index in [4.69, 9.17) is 9.94 Å². The quantitative estimate of drug-likeness (QED) is 0.422. The molecule has 2 aromatic heterocycles. The van der Waals surface area contributed by atoms with Crippen LogP contribution in [0, 0.1) is 19.7 Å². The second-order valence-electron chi connectivity index (χ2n) is 6.08. The first kappa shape index (κ1) is 19.2. The van der Waals surface area contributed by atoms with E-state index in [9.17, 15) is 9.18 Å². The second-order valence-corrected chi connectivity index (χ2v) is 7.08. The number of halogens is 1. The number of aromatic nitrogens is 1. The Bertz CT molecular complexity index is 974. The van der Waals surface area contributed by atoms with Crippen molar-refractivity contribution >= 4 is 38.1 Å². The maximum absolute atomic E-state index is 14.3. The fourth-order valence-corrected chi connectivity index (χ4v) is 3.76. The molecule has 0 radical (unpaired) electrons. The van der Waals surface area contributed by atoms with Crippen LogP contribution in [0.25, 0.3) is 10.2 Å². The minimum atomic E-state index is -0.453. The molecule has 3 aromatic rings. The average Bonchev–Trinajstić information content (AvgIpc) is 3.00. The molecule has 0 saturated heterocycles. The van der Waals surface area contributed by atoms with Crippen molar-refractivity contribution in [1.29, 1.82) is 0 Å². The number of aryl methyl sites for hydroxylation is 2. The Balaban J connectivity index is 1.98. The summed E-state index contributed by atoms with van der Waals surface area (Å²) in [5, 5.41) is 13.0. The number of hydroxylamine groups is 1. The fourth-order valence-electron chi connectivity index (χ4n) is 2.63. The lowest BCUT2D eigenvalue weighted by Gasteiger charge is -2.10. The van der Waals surface area contributed by atoms with Crippen molar-refractivity contribution < 1.29 is 19.1 Å². The standard InChI is InChI=1S/C19H20FN3O3S/c1-11-4-5-14(13(20)10-11)22-19-16(17(25)23-26-9-3-8-24)15-12(2)6-7-21-18(15)27-19/h4-7,10,22,24H,3,8-9H2,1-2H3,(H,23,25). The summed E-state index contributed by atoms with van der Waals surface area (Å²) in [6.45, 7) is 3.86. The molecular formula is C19H20FN3O3S. The van der Waals surface area contributed by atoms with Gasteiger partial charge in [-0.05, 0) is 49.6 Å². The zero-order valence-electron chi connectivity index (χ0n) is 15.0. The van der Waals surface area contributed by atoms with Gasteiger partial charge in [0.1, 0.15) is 15.6 Å². The molecule has 142 valence electrons. The Morgan fingerprint density at radius 1 is 1.33 bits per heavy atom. The van der Waals surface area contributed by atoms with Gasteiger partial charge in [-0.3, -0.25) is 9.63 Å². The number of nitrogens with one attached hydrogen (secondary N) is 2. The number of aliphatic hydroxyl groups is 1. The Morgan fingerprint density at radius 3 is 2.89 bits per heavy atom. The third-order valence-electron chi connectivity index (χ3n) is 3.97. The second kappa shape index (κ2) is 8.43. The molecule has 6 nitrogen and oxygen atoms in total. The summed E-state index contributed by atoms with van der Waals surface area (Å²) in [6.07, 6.45) is 2.08. The molecule has 3 N–H and O–H groups in total. The van der Waals surface area contributed by atoms with Gasteiger partial charge in [-0.1, -0.05) is 17.4 Å². The van der Waals surface area contributed by atoms with E-state index < -0.39 is 11.7 Å². The van der Waals surface area contributed by atoms with Crippen LogP contribution in [0.3, 0.4) is 0 Å². The summed E-state index contributed by atoms with van der Waals surface area (Å²) in [5.41, 5.74) is 4.70. The number of pyridine rings is 1. The third-order valence-corrected chi connectivity index (χ3v) is 4.98. The summed E-state index contributed by atoms with van der Waals surface area (Å²) in [4.78, 5) is 22.8. The first-order chi connectivity index (χ1) is 13.0. The molecule has 0 bridgehead atoms. The van der Waals surface area contributed by atoms with Gasteiger partial charge in [0.25, 0.3) is 5.91 Å². The van der Waals surface area contributed by atoms with Crippen molar-refractivity contribution in [2.24, 2.45) is 0 Å². The monoisotopic (exact) mass is 389 g/mol. The van der Waals surface area contributed by atoms with Crippen LogP contribution in [0.4, 0.5) is 15.1 Å². The van der Waals surface area contributed by atoms with Crippen LogP contribution in [0.2, 0.25) is 0 Å². The number of hydrogen-bond donors (Lipinski definition) is 3. The zero-order valence-corrected chi connectivity index (χ0v) is 15.8. The van der Waals surface area contributed by atoms with E-state index in [2.05, 4.69) is 15.8 Å². The van der Waals surface area contributed by atoms with Crippen molar-refractivity contribution in [3.8, 4) is 0 Å². The lowest BCUT2D eigenvalue weighted by Crippen LogP contribution is -2.25. The Morgan fingerprint density at radius 2 is 2.15 bits per heavy atom. The molecule has 1 aromatic carbocycles. The number of carbonyl (C=O) groups excluding carboxylic acids is 1. The van der Waals surface area contributed by atoms with Gasteiger partial charge >= 0.3 is 0 Å². The number of amides is 1. The molecule has 0 aliphatic rings. The number of fused-ring (bicyclic) bond motifs is 1. The predicted molar refractivity (Wildman–Crippen MR) is 104 cm³/mol. The van der Waals surface area contributed by atoms with E-state index in [1.165, 1.54) is 17.4 Å². The molecule has 0 saturated carbocycles. The van der Waals surface area contributed by atoms with Crippen molar-refractivity contribution in [3.05, 3.63) is 53.0 Å². The summed E-state index contributed by atoms with van der Waals surface area (Å²) < 4.78 is 14.3. The number of benzene rings is 1. The molecular weight excluding hydrogens is 369 g/mol. The summed E-state index contributed by atoms with van der Waals surface area (Å²) in [6, 6.07) is 6.67. The molecule has 2 heterocycles. The smallest absolute Gasteiger partial charge is 0.278 e. The highest BCUT2D eigenvalue weighted by molar-refractivity contribution is 7.23. The highest BCUT2D eigenvalue weighted by Crippen LogP contribution is 2.38. The molecule has 0 aliphatic carbocycles. The lowest BCUT2D eigenvalue weighted by atomic mass is 10.1. The van der Waals surface area contributed by atoms with Crippen LogP contribution < -0.4 is 10.8 Å². The molecule has 3 rings (SSSR count). The predicted octanol–water partition coefficient (Wildman–Crippen LogP) is 3.84. The number of hydrogen-bond acceptors (Lipinski definition) is 6. The van der Waals surface area contributed by atoms with Crippen molar-refractivity contribution in [1.82, 2.24) is 10.5 Å². The first-order valence-corrected chi connectivity index (χ1v) is 9.27. The number of aliphatic hydroxyl groups excluding tert-OH is 1.